The number of carbonyl (C=O) groups excluding carboxylic acids is 2. The minimum atomic E-state index is -3.54. The van der Waals surface area contributed by atoms with E-state index < -0.39 is 15.6 Å². The zero-order valence-electron chi connectivity index (χ0n) is 18.8. The van der Waals surface area contributed by atoms with Crippen molar-refractivity contribution in [3.05, 3.63) is 29.8 Å². The molecule has 0 aromatic heterocycles. The van der Waals surface area contributed by atoms with Crippen molar-refractivity contribution in [1.29, 1.82) is 0 Å². The lowest BCUT2D eigenvalue weighted by Crippen LogP contribution is -2.51. The summed E-state index contributed by atoms with van der Waals surface area (Å²) >= 11 is 0. The van der Waals surface area contributed by atoms with Crippen LogP contribution < -0.4 is 0 Å². The maximum atomic E-state index is 12.9. The van der Waals surface area contributed by atoms with Crippen molar-refractivity contribution >= 4 is 22.0 Å². The van der Waals surface area contributed by atoms with Crippen LogP contribution >= 0.6 is 0 Å². The second-order valence-corrected chi connectivity index (χ2v) is 11.3. The average Bonchev–Trinajstić information content (AvgIpc) is 2.72. The van der Waals surface area contributed by atoms with E-state index in [-0.39, 0.29) is 16.9 Å². The molecule has 2 saturated heterocycles. The van der Waals surface area contributed by atoms with Crippen molar-refractivity contribution in [2.24, 2.45) is 5.92 Å². The van der Waals surface area contributed by atoms with Crippen LogP contribution in [-0.4, -0.2) is 79.4 Å². The van der Waals surface area contributed by atoms with Gasteiger partial charge >= 0.3 is 6.09 Å². The predicted molar refractivity (Wildman–Crippen MR) is 117 cm³/mol. The van der Waals surface area contributed by atoms with Crippen molar-refractivity contribution in [2.75, 3.05) is 39.3 Å². The van der Waals surface area contributed by atoms with E-state index in [4.69, 9.17) is 4.74 Å². The third kappa shape index (κ3) is 5.77. The van der Waals surface area contributed by atoms with E-state index in [2.05, 4.69) is 6.92 Å². The predicted octanol–water partition coefficient (Wildman–Crippen LogP) is 2.80. The number of piperazine rings is 1. The number of carbonyl (C=O) groups is 2. The molecule has 2 aliphatic rings. The largest absolute Gasteiger partial charge is 0.444 e. The van der Waals surface area contributed by atoms with Crippen LogP contribution in [0.2, 0.25) is 0 Å². The topological polar surface area (TPSA) is 87.2 Å². The highest BCUT2D eigenvalue weighted by molar-refractivity contribution is 7.89. The summed E-state index contributed by atoms with van der Waals surface area (Å²) in [4.78, 5) is 28.5. The monoisotopic (exact) mass is 451 g/mol. The lowest BCUT2D eigenvalue weighted by Gasteiger charge is -2.35. The zero-order chi connectivity index (χ0) is 22.8. The summed E-state index contributed by atoms with van der Waals surface area (Å²) in [6.07, 6.45) is 1.54. The third-order valence-corrected chi connectivity index (χ3v) is 7.46. The molecule has 1 atom stereocenters. The minimum absolute atomic E-state index is 0.167. The summed E-state index contributed by atoms with van der Waals surface area (Å²) in [5, 5.41) is 0. The second kappa shape index (κ2) is 9.16. The first-order valence-electron chi connectivity index (χ1n) is 10.8. The molecule has 3 rings (SSSR count). The standard InChI is InChI=1S/C22H33N3O5S/c1-17-6-5-11-25(16-17)31(28,29)19-9-7-18(8-10-19)20(26)23-12-14-24(15-13-23)21(27)30-22(2,3)4/h7-10,17H,5-6,11-16H2,1-4H3. The number of nitrogens with zero attached hydrogens (tertiary/aromatic N) is 3. The minimum Gasteiger partial charge on any atom is -0.444 e. The Morgan fingerprint density at radius 2 is 1.55 bits per heavy atom. The number of benzene rings is 1. The molecule has 0 bridgehead atoms. The third-order valence-electron chi connectivity index (χ3n) is 5.58. The molecule has 8 nitrogen and oxygen atoms in total. The Labute approximate surface area is 185 Å². The van der Waals surface area contributed by atoms with Gasteiger partial charge in [0.2, 0.25) is 10.0 Å². The lowest BCUT2D eigenvalue weighted by molar-refractivity contribution is 0.0141. The highest BCUT2D eigenvalue weighted by Gasteiger charge is 2.30. The molecule has 0 N–H and O–H groups in total. The molecule has 172 valence electrons. The zero-order valence-corrected chi connectivity index (χ0v) is 19.7. The van der Waals surface area contributed by atoms with E-state index in [0.717, 1.165) is 12.8 Å². The van der Waals surface area contributed by atoms with Gasteiger partial charge < -0.3 is 14.5 Å². The summed E-state index contributed by atoms with van der Waals surface area (Å²) in [5.41, 5.74) is -0.116. The first-order valence-corrected chi connectivity index (χ1v) is 12.3. The van der Waals surface area contributed by atoms with Gasteiger partial charge in [-0.05, 0) is 63.8 Å². The SMILES string of the molecule is CC1CCCN(S(=O)(=O)c2ccc(C(=O)N3CCN(C(=O)OC(C)(C)C)CC3)cc2)C1. The van der Waals surface area contributed by atoms with E-state index >= 15 is 0 Å². The van der Waals surface area contributed by atoms with Gasteiger partial charge in [0.05, 0.1) is 4.90 Å². The van der Waals surface area contributed by atoms with Gasteiger partial charge in [-0.2, -0.15) is 4.31 Å². The molecule has 0 aliphatic carbocycles. The molecule has 2 aliphatic heterocycles. The van der Waals surface area contributed by atoms with Gasteiger partial charge in [-0.25, -0.2) is 13.2 Å². The van der Waals surface area contributed by atoms with Gasteiger partial charge in [-0.1, -0.05) is 6.92 Å². The van der Waals surface area contributed by atoms with Crippen LogP contribution in [0.3, 0.4) is 0 Å². The molecule has 9 heteroatoms. The highest BCUT2D eigenvalue weighted by Crippen LogP contribution is 2.24. The van der Waals surface area contributed by atoms with Gasteiger partial charge in [-0.3, -0.25) is 4.79 Å². The molecule has 2 heterocycles. The van der Waals surface area contributed by atoms with E-state index in [0.29, 0.717) is 50.7 Å². The molecular formula is C22H33N3O5S. The van der Waals surface area contributed by atoms with Crippen LogP contribution in [0.5, 0.6) is 0 Å². The summed E-state index contributed by atoms with van der Waals surface area (Å²) in [6.45, 7) is 10.2. The van der Waals surface area contributed by atoms with Gasteiger partial charge in [0.25, 0.3) is 5.91 Å². The molecule has 1 aromatic rings. The van der Waals surface area contributed by atoms with E-state index in [1.807, 2.05) is 20.8 Å². The Bertz CT molecular complexity index is 900. The molecule has 0 saturated carbocycles. The number of rotatable bonds is 3. The summed E-state index contributed by atoms with van der Waals surface area (Å²) in [5.74, 6) is 0.183. The van der Waals surface area contributed by atoms with Crippen LogP contribution in [-0.2, 0) is 14.8 Å². The Balaban J connectivity index is 1.60. The Kier molecular flexibility index (Phi) is 6.95. The van der Waals surface area contributed by atoms with Crippen molar-refractivity contribution in [2.45, 2.75) is 51.0 Å². The highest BCUT2D eigenvalue weighted by atomic mass is 32.2. The molecule has 31 heavy (non-hydrogen) atoms. The van der Waals surface area contributed by atoms with Crippen molar-refractivity contribution < 1.29 is 22.7 Å². The molecule has 1 unspecified atom stereocenters. The maximum Gasteiger partial charge on any atom is 0.410 e. The van der Waals surface area contributed by atoms with Crippen LogP contribution in [0.25, 0.3) is 0 Å². The smallest absolute Gasteiger partial charge is 0.410 e. The first-order chi connectivity index (χ1) is 14.5. The molecule has 0 radical (unpaired) electrons. The van der Waals surface area contributed by atoms with E-state index in [9.17, 15) is 18.0 Å². The molecule has 1 aromatic carbocycles. The molecule has 0 spiro atoms. The van der Waals surface area contributed by atoms with E-state index in [1.54, 1.807) is 21.9 Å². The number of hydrogen-bond acceptors (Lipinski definition) is 5. The van der Waals surface area contributed by atoms with Crippen molar-refractivity contribution in [3.63, 3.8) is 0 Å². The van der Waals surface area contributed by atoms with Gasteiger partial charge in [0.1, 0.15) is 5.60 Å². The number of amides is 2. The Morgan fingerprint density at radius 3 is 2.10 bits per heavy atom. The van der Waals surface area contributed by atoms with E-state index in [1.165, 1.54) is 16.4 Å². The fourth-order valence-corrected chi connectivity index (χ4v) is 5.48. The van der Waals surface area contributed by atoms with Crippen LogP contribution in [0.1, 0.15) is 50.9 Å². The maximum absolute atomic E-state index is 12.9. The fourth-order valence-electron chi connectivity index (χ4n) is 3.88. The second-order valence-electron chi connectivity index (χ2n) is 9.39. The summed E-state index contributed by atoms with van der Waals surface area (Å²) < 4.78 is 32.7. The van der Waals surface area contributed by atoms with Gasteiger partial charge in [-0.15, -0.1) is 0 Å². The number of hydrogen-bond donors (Lipinski definition) is 0. The van der Waals surface area contributed by atoms with Gasteiger partial charge in [0.15, 0.2) is 0 Å². The fraction of sp³-hybridized carbons (Fsp3) is 0.636. The normalized spacial score (nSPS) is 21.1. The Hall–Kier alpha value is -2.13. The number of sulfonamides is 1. The number of piperidine rings is 1. The summed E-state index contributed by atoms with van der Waals surface area (Å²) in [7, 11) is -3.54. The summed E-state index contributed by atoms with van der Waals surface area (Å²) in [6, 6.07) is 6.17. The van der Waals surface area contributed by atoms with Crippen molar-refractivity contribution in [1.82, 2.24) is 14.1 Å². The van der Waals surface area contributed by atoms with Crippen LogP contribution in [0, 0.1) is 5.92 Å². The quantitative estimate of drug-likeness (QED) is 0.705. The van der Waals surface area contributed by atoms with Crippen molar-refractivity contribution in [3.8, 4) is 0 Å². The average molecular weight is 452 g/mol. The molecule has 2 amide bonds. The lowest BCUT2D eigenvalue weighted by atomic mass is 10.0. The molecule has 2 fully saturated rings. The Morgan fingerprint density at radius 1 is 0.968 bits per heavy atom. The van der Waals surface area contributed by atoms with Crippen LogP contribution in [0.4, 0.5) is 4.79 Å². The van der Waals surface area contributed by atoms with Crippen LogP contribution in [0.15, 0.2) is 29.2 Å². The molecular weight excluding hydrogens is 418 g/mol. The first kappa shape index (κ1) is 23.5. The van der Waals surface area contributed by atoms with Gasteiger partial charge in [0, 0.05) is 44.8 Å². The number of ether oxygens (including phenoxy) is 1.